The van der Waals surface area contributed by atoms with Gasteiger partial charge in [-0.2, -0.15) is 0 Å². The van der Waals surface area contributed by atoms with Crippen LogP contribution < -0.4 is 9.46 Å². The summed E-state index contributed by atoms with van der Waals surface area (Å²) in [5, 5.41) is 0. The Bertz CT molecular complexity index is 824. The Morgan fingerprint density at radius 2 is 1.70 bits per heavy atom. The molecule has 1 aromatic carbocycles. The Labute approximate surface area is 182 Å². The summed E-state index contributed by atoms with van der Waals surface area (Å²) in [6, 6.07) is 8.38. The van der Waals surface area contributed by atoms with E-state index in [-0.39, 0.29) is 24.0 Å². The molecule has 2 aliphatic heterocycles. The van der Waals surface area contributed by atoms with Gasteiger partial charge in [-0.1, -0.05) is 24.6 Å². The number of rotatable bonds is 2. The monoisotopic (exact) mass is 435 g/mol. The Balaban J connectivity index is 1.59. The van der Waals surface area contributed by atoms with Gasteiger partial charge in [0.2, 0.25) is 10.0 Å². The van der Waals surface area contributed by atoms with E-state index in [9.17, 15) is 8.42 Å². The first-order valence-electron chi connectivity index (χ1n) is 11.6. The van der Waals surface area contributed by atoms with Gasteiger partial charge in [-0.05, 0) is 82.8 Å². The van der Waals surface area contributed by atoms with E-state index in [2.05, 4.69) is 29.0 Å². The Kier molecular flexibility index (Phi) is 6.48. The van der Waals surface area contributed by atoms with Gasteiger partial charge >= 0.3 is 0 Å². The molecule has 0 aromatic heterocycles. The van der Waals surface area contributed by atoms with Gasteiger partial charge in [0.05, 0.1) is 24.1 Å². The number of fused-ring (bicyclic) bond motifs is 4. The van der Waals surface area contributed by atoms with Crippen molar-refractivity contribution in [3.8, 4) is 5.75 Å². The smallest absolute Gasteiger partial charge is 0.216 e. The van der Waals surface area contributed by atoms with Crippen LogP contribution in [-0.2, 0) is 14.8 Å². The van der Waals surface area contributed by atoms with Crippen LogP contribution in [0.5, 0.6) is 5.75 Å². The molecule has 2 heterocycles. The molecule has 1 unspecified atom stereocenters. The number of para-hydroxylation sites is 1. The van der Waals surface area contributed by atoms with Gasteiger partial charge in [0.15, 0.2) is 0 Å². The van der Waals surface area contributed by atoms with Crippen molar-refractivity contribution >= 4 is 10.0 Å². The third kappa shape index (κ3) is 4.71. The molecule has 30 heavy (non-hydrogen) atoms. The van der Waals surface area contributed by atoms with Crippen molar-refractivity contribution in [2.75, 3.05) is 13.2 Å². The third-order valence-corrected chi connectivity index (χ3v) is 9.56. The number of sulfonamides is 1. The molecule has 168 valence electrons. The van der Waals surface area contributed by atoms with Crippen LogP contribution in [0.4, 0.5) is 0 Å². The molecule has 2 aliphatic carbocycles. The van der Waals surface area contributed by atoms with E-state index in [1.807, 2.05) is 0 Å². The first-order chi connectivity index (χ1) is 14.2. The summed E-state index contributed by atoms with van der Waals surface area (Å²) >= 11 is 0. The molecule has 0 radical (unpaired) electrons. The summed E-state index contributed by atoms with van der Waals surface area (Å²) in [6.45, 7) is 6.50. The summed E-state index contributed by atoms with van der Waals surface area (Å²) in [5.74, 6) is 1.99. The molecule has 2 bridgehead atoms. The van der Waals surface area contributed by atoms with Gasteiger partial charge < -0.3 is 9.47 Å². The summed E-state index contributed by atoms with van der Waals surface area (Å²) in [5.41, 5.74) is 1.33. The molecule has 2 fully saturated rings. The average molecular weight is 436 g/mol. The van der Waals surface area contributed by atoms with E-state index in [4.69, 9.17) is 9.47 Å². The first kappa shape index (κ1) is 22.1. The number of hydrogen-bond donors (Lipinski definition) is 1. The lowest BCUT2D eigenvalue weighted by Gasteiger charge is -2.41. The van der Waals surface area contributed by atoms with E-state index in [1.165, 1.54) is 5.56 Å². The van der Waals surface area contributed by atoms with Crippen LogP contribution in [0.1, 0.15) is 77.2 Å². The Morgan fingerprint density at radius 3 is 2.43 bits per heavy atom. The van der Waals surface area contributed by atoms with Gasteiger partial charge in [0.1, 0.15) is 5.75 Å². The summed E-state index contributed by atoms with van der Waals surface area (Å²) in [4.78, 5) is 0. The van der Waals surface area contributed by atoms with Crippen LogP contribution in [0.3, 0.4) is 0 Å². The highest BCUT2D eigenvalue weighted by Gasteiger charge is 2.40. The van der Waals surface area contributed by atoms with Crippen LogP contribution >= 0.6 is 0 Å². The lowest BCUT2D eigenvalue weighted by Crippen LogP contribution is -2.52. The summed E-state index contributed by atoms with van der Waals surface area (Å²) in [7, 11) is -3.40. The lowest BCUT2D eigenvalue weighted by molar-refractivity contribution is -0.0298. The second-order valence-corrected chi connectivity index (χ2v) is 12.8. The summed E-state index contributed by atoms with van der Waals surface area (Å²) in [6.07, 6.45) is 7.59. The Morgan fingerprint density at radius 1 is 0.967 bits per heavy atom. The number of benzene rings is 1. The van der Waals surface area contributed by atoms with Gasteiger partial charge in [-0.3, -0.25) is 0 Å². The van der Waals surface area contributed by atoms with Crippen molar-refractivity contribution < 1.29 is 17.9 Å². The van der Waals surface area contributed by atoms with Crippen LogP contribution in [0.2, 0.25) is 0 Å². The average Bonchev–Trinajstić information content (AvgIpc) is 2.70. The van der Waals surface area contributed by atoms with E-state index in [1.54, 1.807) is 20.8 Å². The maximum absolute atomic E-state index is 12.9. The van der Waals surface area contributed by atoms with Crippen molar-refractivity contribution in [2.24, 2.45) is 11.8 Å². The van der Waals surface area contributed by atoms with E-state index in [0.29, 0.717) is 19.1 Å². The molecule has 5 nitrogen and oxygen atoms in total. The molecular formula is C24H37NO4S. The maximum atomic E-state index is 12.9. The number of ether oxygens (including phenoxy) is 2. The van der Waals surface area contributed by atoms with Crippen molar-refractivity contribution in [2.45, 2.75) is 88.5 Å². The highest BCUT2D eigenvalue weighted by atomic mass is 32.2. The topological polar surface area (TPSA) is 64.6 Å². The molecule has 4 aliphatic rings. The first-order valence-corrected chi connectivity index (χ1v) is 13.1. The highest BCUT2D eigenvalue weighted by Crippen LogP contribution is 2.41. The quantitative estimate of drug-likeness (QED) is 0.736. The van der Waals surface area contributed by atoms with E-state index < -0.39 is 14.8 Å². The minimum atomic E-state index is -3.40. The fraction of sp³-hybridized carbons (Fsp3) is 0.750. The van der Waals surface area contributed by atoms with Gasteiger partial charge in [-0.25, -0.2) is 13.1 Å². The molecule has 1 N–H and O–H groups in total. The zero-order valence-corrected chi connectivity index (χ0v) is 19.4. The van der Waals surface area contributed by atoms with Crippen LogP contribution in [0, 0.1) is 11.8 Å². The maximum Gasteiger partial charge on any atom is 0.216 e. The second-order valence-electron chi connectivity index (χ2n) is 10.4. The summed E-state index contributed by atoms with van der Waals surface area (Å²) < 4.78 is 40.8. The predicted molar refractivity (Wildman–Crippen MR) is 119 cm³/mol. The molecule has 5 rings (SSSR count). The van der Waals surface area contributed by atoms with E-state index in [0.717, 1.165) is 50.7 Å². The van der Waals surface area contributed by atoms with Crippen molar-refractivity contribution in [3.63, 3.8) is 0 Å². The Hall–Kier alpha value is -1.11. The zero-order valence-electron chi connectivity index (χ0n) is 18.6. The largest absolute Gasteiger partial charge is 0.493 e. The number of nitrogens with one attached hydrogen (secondary N) is 1. The molecule has 2 saturated carbocycles. The van der Waals surface area contributed by atoms with Crippen molar-refractivity contribution in [1.82, 2.24) is 4.72 Å². The van der Waals surface area contributed by atoms with Gasteiger partial charge in [0, 0.05) is 12.0 Å². The standard InChI is InChI=1S/C24H37NO4S/c1-24(2,3)30(26,27)25-22-9-6-7-18-15-29-23-10-5-4-8-20(23)17-11-13-19(14-12-17)28-16-21(18)22/h4-5,8,10,17-19,21-22,25H,6-7,9,11-16H2,1-3H3/t17?,18?,19?,21-,22+/m1/s1. The fourth-order valence-electron chi connectivity index (χ4n) is 5.27. The fourth-order valence-corrected chi connectivity index (χ4v) is 6.32. The SMILES string of the molecule is CC(C)(C)S(=O)(=O)N[C@H]1CCCC2COc3ccccc3C3CCC(CC3)OC[C@H]21. The third-order valence-electron chi connectivity index (χ3n) is 7.34. The van der Waals surface area contributed by atoms with E-state index >= 15 is 0 Å². The highest BCUT2D eigenvalue weighted by molar-refractivity contribution is 7.90. The minimum Gasteiger partial charge on any atom is -0.493 e. The van der Waals surface area contributed by atoms with Crippen LogP contribution in [-0.4, -0.2) is 38.5 Å². The van der Waals surface area contributed by atoms with Gasteiger partial charge in [0.25, 0.3) is 0 Å². The minimum absolute atomic E-state index is 0.0916. The van der Waals surface area contributed by atoms with Crippen molar-refractivity contribution in [3.05, 3.63) is 29.8 Å². The molecule has 0 amide bonds. The zero-order chi connectivity index (χ0) is 21.4. The van der Waals surface area contributed by atoms with Gasteiger partial charge in [-0.15, -0.1) is 0 Å². The molecule has 0 spiro atoms. The van der Waals surface area contributed by atoms with Crippen LogP contribution in [0.25, 0.3) is 0 Å². The molecule has 0 saturated heterocycles. The second kappa shape index (κ2) is 8.79. The van der Waals surface area contributed by atoms with Crippen LogP contribution in [0.15, 0.2) is 24.3 Å². The van der Waals surface area contributed by atoms with Crippen molar-refractivity contribution in [1.29, 1.82) is 0 Å². The normalized spacial score (nSPS) is 32.8. The number of hydrogen-bond acceptors (Lipinski definition) is 4. The molecular weight excluding hydrogens is 398 g/mol. The predicted octanol–water partition coefficient (Wildman–Crippen LogP) is 4.62. The lowest BCUT2D eigenvalue weighted by atomic mass is 9.76. The molecule has 6 heteroatoms. The molecule has 3 atom stereocenters. The molecule has 1 aromatic rings.